The predicted molar refractivity (Wildman–Crippen MR) is 77.2 cm³/mol. The van der Waals surface area contributed by atoms with E-state index in [0.717, 1.165) is 21.5 Å². The fourth-order valence-electron chi connectivity index (χ4n) is 2.54. The van der Waals surface area contributed by atoms with Gasteiger partial charge in [0, 0.05) is 20.8 Å². The minimum atomic E-state index is 0.930. The molecule has 1 aliphatic heterocycles. The maximum atomic E-state index is 5.98. The maximum Gasteiger partial charge on any atom is 0.135 e. The van der Waals surface area contributed by atoms with Crippen molar-refractivity contribution < 1.29 is 4.74 Å². The molecular formula is C16H9BrO. The highest BCUT2D eigenvalue weighted by molar-refractivity contribution is 9.10. The first kappa shape index (κ1) is 10.2. The lowest BCUT2D eigenvalue weighted by Gasteiger charge is -2.21. The number of hydrogen-bond donors (Lipinski definition) is 0. The van der Waals surface area contributed by atoms with E-state index in [2.05, 4.69) is 40.2 Å². The van der Waals surface area contributed by atoms with E-state index in [0.29, 0.717) is 0 Å². The van der Waals surface area contributed by atoms with Gasteiger partial charge in [-0.2, -0.15) is 0 Å². The van der Waals surface area contributed by atoms with Gasteiger partial charge < -0.3 is 4.74 Å². The van der Waals surface area contributed by atoms with E-state index in [4.69, 9.17) is 4.74 Å². The number of fused-ring (bicyclic) bond motifs is 2. The van der Waals surface area contributed by atoms with Crippen molar-refractivity contribution in [1.82, 2.24) is 0 Å². The van der Waals surface area contributed by atoms with Crippen LogP contribution in [0.5, 0.6) is 11.5 Å². The molecule has 18 heavy (non-hydrogen) atoms. The van der Waals surface area contributed by atoms with E-state index in [1.807, 2.05) is 30.3 Å². The molecule has 0 N–H and O–H groups in total. The van der Waals surface area contributed by atoms with Crippen LogP contribution in [0, 0.1) is 0 Å². The predicted octanol–water partition coefficient (Wildman–Crippen LogP) is 5.38. The van der Waals surface area contributed by atoms with Gasteiger partial charge in [0.2, 0.25) is 0 Å². The van der Waals surface area contributed by atoms with Crippen LogP contribution in [0.1, 0.15) is 0 Å². The fourth-order valence-corrected chi connectivity index (χ4v) is 3.01. The van der Waals surface area contributed by atoms with Crippen molar-refractivity contribution in [2.24, 2.45) is 0 Å². The van der Waals surface area contributed by atoms with Crippen LogP contribution in [0.3, 0.4) is 0 Å². The largest absolute Gasteiger partial charge is 0.456 e. The third-order valence-electron chi connectivity index (χ3n) is 3.35. The van der Waals surface area contributed by atoms with Crippen LogP contribution in [-0.2, 0) is 0 Å². The van der Waals surface area contributed by atoms with Gasteiger partial charge in [0.05, 0.1) is 0 Å². The zero-order chi connectivity index (χ0) is 12.1. The third kappa shape index (κ3) is 1.27. The summed E-state index contributed by atoms with van der Waals surface area (Å²) in [4.78, 5) is 0. The molecule has 0 saturated heterocycles. The Bertz CT molecular complexity index is 777. The van der Waals surface area contributed by atoms with E-state index in [-0.39, 0.29) is 0 Å². The minimum Gasteiger partial charge on any atom is -0.456 e. The van der Waals surface area contributed by atoms with Crippen molar-refractivity contribution in [1.29, 1.82) is 0 Å². The average molecular weight is 297 g/mol. The summed E-state index contributed by atoms with van der Waals surface area (Å²) in [6.45, 7) is 0. The Hall–Kier alpha value is -1.80. The zero-order valence-electron chi connectivity index (χ0n) is 9.48. The number of benzene rings is 3. The van der Waals surface area contributed by atoms with Crippen LogP contribution < -0.4 is 4.74 Å². The van der Waals surface area contributed by atoms with Crippen molar-refractivity contribution in [2.75, 3.05) is 0 Å². The number of hydrogen-bond acceptors (Lipinski definition) is 1. The lowest BCUT2D eigenvalue weighted by molar-refractivity contribution is 0.487. The van der Waals surface area contributed by atoms with Crippen molar-refractivity contribution in [3.63, 3.8) is 0 Å². The monoisotopic (exact) mass is 296 g/mol. The van der Waals surface area contributed by atoms with Crippen molar-refractivity contribution in [2.45, 2.75) is 0 Å². The van der Waals surface area contributed by atoms with Gasteiger partial charge in [-0.05, 0) is 23.8 Å². The van der Waals surface area contributed by atoms with Crippen LogP contribution in [0.4, 0.5) is 0 Å². The van der Waals surface area contributed by atoms with Crippen LogP contribution in [0.2, 0.25) is 0 Å². The van der Waals surface area contributed by atoms with Gasteiger partial charge in [-0.25, -0.2) is 0 Å². The van der Waals surface area contributed by atoms with Crippen LogP contribution in [0.15, 0.2) is 59.1 Å². The first-order chi connectivity index (χ1) is 8.84. The van der Waals surface area contributed by atoms with Crippen LogP contribution >= 0.6 is 15.9 Å². The molecule has 0 fully saturated rings. The highest BCUT2D eigenvalue weighted by Gasteiger charge is 2.19. The molecule has 0 atom stereocenters. The molecule has 0 aromatic heterocycles. The smallest absolute Gasteiger partial charge is 0.135 e. The van der Waals surface area contributed by atoms with Crippen molar-refractivity contribution in [3.05, 3.63) is 59.1 Å². The van der Waals surface area contributed by atoms with Crippen molar-refractivity contribution in [3.8, 4) is 22.6 Å². The average Bonchev–Trinajstić information content (AvgIpc) is 2.43. The van der Waals surface area contributed by atoms with E-state index in [9.17, 15) is 0 Å². The second kappa shape index (κ2) is 3.59. The first-order valence-corrected chi connectivity index (χ1v) is 6.62. The van der Waals surface area contributed by atoms with E-state index < -0.39 is 0 Å². The second-order valence-corrected chi connectivity index (χ2v) is 5.23. The van der Waals surface area contributed by atoms with Gasteiger partial charge in [0.15, 0.2) is 0 Å². The van der Waals surface area contributed by atoms with Gasteiger partial charge in [-0.1, -0.05) is 52.3 Å². The molecule has 1 heterocycles. The molecule has 0 bridgehead atoms. The number of para-hydroxylation sites is 1. The summed E-state index contributed by atoms with van der Waals surface area (Å²) in [5, 5.41) is 2.38. The minimum absolute atomic E-state index is 0.930. The Morgan fingerprint density at radius 3 is 2.50 bits per heavy atom. The topological polar surface area (TPSA) is 9.23 Å². The van der Waals surface area contributed by atoms with E-state index >= 15 is 0 Å². The number of rotatable bonds is 0. The summed E-state index contributed by atoms with van der Waals surface area (Å²) in [6.07, 6.45) is 0. The lowest BCUT2D eigenvalue weighted by Crippen LogP contribution is -1.96. The lowest BCUT2D eigenvalue weighted by atomic mass is 9.95. The Morgan fingerprint density at radius 1 is 0.722 bits per heavy atom. The Balaban J connectivity index is 2.22. The van der Waals surface area contributed by atoms with E-state index in [1.165, 1.54) is 16.3 Å². The molecular weight excluding hydrogens is 288 g/mol. The summed E-state index contributed by atoms with van der Waals surface area (Å²) in [5.74, 6) is 1.86. The Labute approximate surface area is 113 Å². The van der Waals surface area contributed by atoms with Crippen molar-refractivity contribution >= 4 is 26.7 Å². The maximum absolute atomic E-state index is 5.98. The summed E-state index contributed by atoms with van der Waals surface area (Å²) >= 11 is 3.60. The summed E-state index contributed by atoms with van der Waals surface area (Å²) < 4.78 is 7.09. The molecule has 0 unspecified atom stereocenters. The molecule has 0 amide bonds. The molecule has 4 rings (SSSR count). The molecule has 0 spiro atoms. The Kier molecular flexibility index (Phi) is 2.03. The molecule has 1 aliphatic rings. The van der Waals surface area contributed by atoms with Crippen LogP contribution in [-0.4, -0.2) is 0 Å². The quantitative estimate of drug-likeness (QED) is 0.423. The van der Waals surface area contributed by atoms with Gasteiger partial charge >= 0.3 is 0 Å². The highest BCUT2D eigenvalue weighted by atomic mass is 79.9. The molecule has 0 radical (unpaired) electrons. The van der Waals surface area contributed by atoms with Gasteiger partial charge in [0.1, 0.15) is 11.5 Å². The number of ether oxygens (including phenoxy) is 1. The fraction of sp³-hybridized carbons (Fsp3) is 0. The standard InChI is InChI=1S/C16H9BrO/c17-13-8-9-15-16-11(5-3-6-12(13)16)10-4-1-2-7-14(10)18-15/h1-9H. The normalized spacial score (nSPS) is 12.1. The highest BCUT2D eigenvalue weighted by Crippen LogP contribution is 2.47. The van der Waals surface area contributed by atoms with Gasteiger partial charge in [-0.3, -0.25) is 0 Å². The molecule has 86 valence electrons. The molecule has 1 nitrogen and oxygen atoms in total. The molecule has 2 heteroatoms. The van der Waals surface area contributed by atoms with E-state index in [1.54, 1.807) is 0 Å². The van der Waals surface area contributed by atoms with Gasteiger partial charge in [-0.15, -0.1) is 0 Å². The molecule has 0 aliphatic carbocycles. The second-order valence-electron chi connectivity index (χ2n) is 4.37. The Morgan fingerprint density at radius 2 is 1.56 bits per heavy atom. The number of halogens is 1. The zero-order valence-corrected chi connectivity index (χ0v) is 11.1. The molecule has 0 saturated carbocycles. The summed E-state index contributed by atoms with van der Waals surface area (Å²) in [5.41, 5.74) is 2.40. The van der Waals surface area contributed by atoms with Crippen LogP contribution in [0.25, 0.3) is 21.9 Å². The first-order valence-electron chi connectivity index (χ1n) is 5.83. The molecule has 3 aromatic carbocycles. The third-order valence-corrected chi connectivity index (χ3v) is 4.04. The SMILES string of the molecule is Brc1ccc2c3c(cccc13)-c1ccccc1O2. The summed E-state index contributed by atoms with van der Waals surface area (Å²) in [6, 6.07) is 18.6. The molecule has 3 aromatic rings. The summed E-state index contributed by atoms with van der Waals surface area (Å²) in [7, 11) is 0. The van der Waals surface area contributed by atoms with Gasteiger partial charge in [0.25, 0.3) is 0 Å².